The molecule has 84 valence electrons. The summed E-state index contributed by atoms with van der Waals surface area (Å²) in [5.41, 5.74) is 6.32. The number of hydrogen-bond donors (Lipinski definition) is 2. The van der Waals surface area contributed by atoms with Crippen LogP contribution in [0, 0.1) is 0 Å². The van der Waals surface area contributed by atoms with E-state index < -0.39 is 5.97 Å². The lowest BCUT2D eigenvalue weighted by Crippen LogP contribution is -2.17. The molecule has 1 aromatic heterocycles. The summed E-state index contributed by atoms with van der Waals surface area (Å²) in [7, 11) is 0. The number of rotatable bonds is 4. The molecule has 15 heavy (non-hydrogen) atoms. The maximum Gasteiger partial charge on any atom is 0.347 e. The Labute approximate surface area is 93.1 Å². The van der Waals surface area contributed by atoms with Crippen LogP contribution >= 0.6 is 11.3 Å². The Kier molecular flexibility index (Phi) is 3.82. The van der Waals surface area contributed by atoms with Gasteiger partial charge in [-0.1, -0.05) is 13.8 Å². The molecule has 0 radical (unpaired) electrons. The number of carbonyl (C=O) groups is 1. The van der Waals surface area contributed by atoms with Crippen LogP contribution < -0.4 is 5.73 Å². The Bertz CT molecular complexity index is 358. The van der Waals surface area contributed by atoms with Crippen LogP contribution in [0.15, 0.2) is 0 Å². The van der Waals surface area contributed by atoms with Crippen molar-refractivity contribution < 1.29 is 9.90 Å². The van der Waals surface area contributed by atoms with Gasteiger partial charge >= 0.3 is 5.97 Å². The van der Waals surface area contributed by atoms with Crippen molar-refractivity contribution in [3.05, 3.63) is 15.6 Å². The zero-order valence-corrected chi connectivity index (χ0v) is 9.97. The van der Waals surface area contributed by atoms with Gasteiger partial charge in [-0.2, -0.15) is 0 Å². The molecule has 0 aromatic carbocycles. The summed E-state index contributed by atoms with van der Waals surface area (Å²) in [5, 5.41) is 9.81. The molecule has 0 saturated carbocycles. The molecule has 0 bridgehead atoms. The number of thiazole rings is 1. The van der Waals surface area contributed by atoms with Gasteiger partial charge in [-0.05, 0) is 12.8 Å². The Morgan fingerprint density at radius 3 is 2.47 bits per heavy atom. The fourth-order valence-corrected chi connectivity index (χ4v) is 2.48. The summed E-state index contributed by atoms with van der Waals surface area (Å²) >= 11 is 1.23. The first-order valence-electron chi connectivity index (χ1n) is 4.90. The molecule has 0 aliphatic heterocycles. The van der Waals surface area contributed by atoms with Crippen molar-refractivity contribution in [3.63, 3.8) is 0 Å². The van der Waals surface area contributed by atoms with Gasteiger partial charge in [0.15, 0.2) is 0 Å². The third-order valence-corrected chi connectivity index (χ3v) is 3.02. The van der Waals surface area contributed by atoms with Crippen LogP contribution in [-0.2, 0) is 6.42 Å². The molecule has 0 amide bonds. The van der Waals surface area contributed by atoms with Gasteiger partial charge in [0.2, 0.25) is 0 Å². The van der Waals surface area contributed by atoms with Crippen molar-refractivity contribution in [1.82, 2.24) is 4.98 Å². The summed E-state index contributed by atoms with van der Waals surface area (Å²) in [4.78, 5) is 15.6. The van der Waals surface area contributed by atoms with Crippen molar-refractivity contribution in [2.75, 3.05) is 0 Å². The van der Waals surface area contributed by atoms with Gasteiger partial charge in [-0.25, -0.2) is 9.78 Å². The third kappa shape index (κ3) is 3.00. The standard InChI is InChI=1S/C10H16N2O2S/c1-5(2)8-9(10(13)14)15-7(12-8)4-6(3)11/h5-6H,4,11H2,1-3H3,(H,13,14). The molecule has 1 aromatic rings. The summed E-state index contributed by atoms with van der Waals surface area (Å²) in [6.07, 6.45) is 0.637. The van der Waals surface area contributed by atoms with Crippen LogP contribution in [0.5, 0.6) is 0 Å². The number of nitrogens with two attached hydrogens (primary N) is 1. The van der Waals surface area contributed by atoms with E-state index in [9.17, 15) is 4.79 Å². The summed E-state index contributed by atoms with van der Waals surface area (Å²) < 4.78 is 0. The highest BCUT2D eigenvalue weighted by molar-refractivity contribution is 7.13. The summed E-state index contributed by atoms with van der Waals surface area (Å²) in [5.74, 6) is -0.763. The monoisotopic (exact) mass is 228 g/mol. The van der Waals surface area contributed by atoms with Crippen LogP contribution in [0.2, 0.25) is 0 Å². The van der Waals surface area contributed by atoms with Crippen LogP contribution in [0.1, 0.15) is 47.1 Å². The second kappa shape index (κ2) is 4.72. The normalized spacial score (nSPS) is 13.1. The molecule has 0 aliphatic rings. The minimum atomic E-state index is -0.896. The van der Waals surface area contributed by atoms with Gasteiger partial charge in [0, 0.05) is 12.5 Å². The molecule has 3 N–H and O–H groups in total. The number of hydrogen-bond acceptors (Lipinski definition) is 4. The molecule has 0 aliphatic carbocycles. The topological polar surface area (TPSA) is 76.2 Å². The molecule has 1 atom stereocenters. The van der Waals surface area contributed by atoms with Gasteiger partial charge in [0.1, 0.15) is 4.88 Å². The van der Waals surface area contributed by atoms with Gasteiger partial charge < -0.3 is 10.8 Å². The van der Waals surface area contributed by atoms with Crippen molar-refractivity contribution >= 4 is 17.3 Å². The van der Waals surface area contributed by atoms with Gasteiger partial charge in [0.25, 0.3) is 0 Å². The SMILES string of the molecule is CC(N)Cc1nc(C(C)C)c(C(=O)O)s1. The van der Waals surface area contributed by atoms with Gasteiger partial charge in [-0.15, -0.1) is 11.3 Å². The molecule has 1 unspecified atom stereocenters. The van der Waals surface area contributed by atoms with E-state index in [1.165, 1.54) is 11.3 Å². The molecular weight excluding hydrogens is 212 g/mol. The predicted octanol–water partition coefficient (Wildman–Crippen LogP) is 1.85. The molecular formula is C10H16N2O2S. The highest BCUT2D eigenvalue weighted by Gasteiger charge is 2.19. The first-order valence-corrected chi connectivity index (χ1v) is 5.72. The second-order valence-electron chi connectivity index (χ2n) is 3.96. The summed E-state index contributed by atoms with van der Waals surface area (Å²) in [6, 6.07) is 0.0119. The van der Waals surface area contributed by atoms with Crippen LogP contribution in [0.3, 0.4) is 0 Å². The smallest absolute Gasteiger partial charge is 0.347 e. The zero-order valence-electron chi connectivity index (χ0n) is 9.15. The van der Waals surface area contributed by atoms with Crippen LogP contribution in [0.25, 0.3) is 0 Å². The lowest BCUT2D eigenvalue weighted by atomic mass is 10.1. The third-order valence-electron chi connectivity index (χ3n) is 1.94. The average molecular weight is 228 g/mol. The lowest BCUT2D eigenvalue weighted by molar-refractivity contribution is 0.0700. The molecule has 0 spiro atoms. The fraction of sp³-hybridized carbons (Fsp3) is 0.600. The first kappa shape index (κ1) is 12.1. The Morgan fingerprint density at radius 1 is 1.53 bits per heavy atom. The highest BCUT2D eigenvalue weighted by Crippen LogP contribution is 2.25. The second-order valence-corrected chi connectivity index (χ2v) is 5.05. The lowest BCUT2D eigenvalue weighted by Gasteiger charge is -2.01. The molecule has 4 nitrogen and oxygen atoms in total. The molecule has 0 fully saturated rings. The number of nitrogens with zero attached hydrogens (tertiary/aromatic N) is 1. The predicted molar refractivity (Wildman–Crippen MR) is 60.5 cm³/mol. The number of aromatic nitrogens is 1. The molecule has 1 heterocycles. The first-order chi connectivity index (χ1) is 6.91. The van der Waals surface area contributed by atoms with Crippen molar-refractivity contribution in [2.24, 2.45) is 5.73 Å². The quantitative estimate of drug-likeness (QED) is 0.824. The number of carboxylic acid groups (broad SMARTS) is 1. The molecule has 5 heteroatoms. The van der Waals surface area contributed by atoms with E-state index in [0.717, 1.165) is 5.01 Å². The van der Waals surface area contributed by atoms with Crippen molar-refractivity contribution in [3.8, 4) is 0 Å². The van der Waals surface area contributed by atoms with Crippen molar-refractivity contribution in [2.45, 2.75) is 39.2 Å². The Balaban J connectivity index is 3.04. The van der Waals surface area contributed by atoms with E-state index in [1.807, 2.05) is 20.8 Å². The largest absolute Gasteiger partial charge is 0.477 e. The van der Waals surface area contributed by atoms with E-state index in [2.05, 4.69) is 4.98 Å². The van der Waals surface area contributed by atoms with Gasteiger partial charge in [0.05, 0.1) is 10.7 Å². The average Bonchev–Trinajstić information content (AvgIpc) is 2.46. The van der Waals surface area contributed by atoms with E-state index in [1.54, 1.807) is 0 Å². The number of aromatic carboxylic acids is 1. The summed E-state index contributed by atoms with van der Waals surface area (Å²) in [6.45, 7) is 5.77. The van der Waals surface area contributed by atoms with Crippen molar-refractivity contribution in [1.29, 1.82) is 0 Å². The van der Waals surface area contributed by atoms with Crippen LogP contribution in [0.4, 0.5) is 0 Å². The van der Waals surface area contributed by atoms with E-state index in [-0.39, 0.29) is 12.0 Å². The minimum absolute atomic E-state index is 0.0119. The Hall–Kier alpha value is -0.940. The van der Waals surface area contributed by atoms with E-state index in [4.69, 9.17) is 10.8 Å². The Morgan fingerprint density at radius 2 is 2.13 bits per heavy atom. The number of carboxylic acids is 1. The van der Waals surface area contributed by atoms with E-state index >= 15 is 0 Å². The molecule has 1 rings (SSSR count). The van der Waals surface area contributed by atoms with Gasteiger partial charge in [-0.3, -0.25) is 0 Å². The zero-order chi connectivity index (χ0) is 11.6. The maximum atomic E-state index is 11.0. The van der Waals surface area contributed by atoms with Crippen LogP contribution in [-0.4, -0.2) is 22.1 Å². The van der Waals surface area contributed by atoms with E-state index in [0.29, 0.717) is 17.0 Å². The molecule has 0 saturated heterocycles. The highest BCUT2D eigenvalue weighted by atomic mass is 32.1. The fourth-order valence-electron chi connectivity index (χ4n) is 1.29. The maximum absolute atomic E-state index is 11.0. The minimum Gasteiger partial charge on any atom is -0.477 e.